The monoisotopic (exact) mass is 451 g/mol. The number of thiazole rings is 1. The van der Waals surface area contributed by atoms with Crippen molar-refractivity contribution >= 4 is 43.2 Å². The van der Waals surface area contributed by atoms with Crippen LogP contribution in [0.2, 0.25) is 0 Å². The molecule has 4 aromatic rings. The molecule has 0 spiro atoms. The molecule has 158 valence electrons. The molecule has 1 aromatic heterocycles. The molecule has 6 nitrogen and oxygen atoms in total. The highest BCUT2D eigenvalue weighted by molar-refractivity contribution is 7.92. The second kappa shape index (κ2) is 8.49. The highest BCUT2D eigenvalue weighted by atomic mass is 32.2. The van der Waals surface area contributed by atoms with Crippen molar-refractivity contribution < 1.29 is 13.2 Å². The summed E-state index contributed by atoms with van der Waals surface area (Å²) in [5, 5.41) is 0. The topological polar surface area (TPSA) is 71.7 Å². The van der Waals surface area contributed by atoms with Crippen LogP contribution in [0.5, 0.6) is 0 Å². The smallest absolute Gasteiger partial charge is 0.279 e. The van der Waals surface area contributed by atoms with Crippen LogP contribution in [0.1, 0.15) is 17.3 Å². The molecule has 0 atom stereocenters. The average Bonchev–Trinajstić information content (AvgIpc) is 3.16. The number of hydrogen-bond donors (Lipinski definition) is 0. The average molecular weight is 452 g/mol. The van der Waals surface area contributed by atoms with Gasteiger partial charge in [0.05, 0.1) is 20.8 Å². The lowest BCUT2D eigenvalue weighted by Crippen LogP contribution is -2.26. The van der Waals surface area contributed by atoms with Crippen molar-refractivity contribution in [1.82, 2.24) is 4.57 Å². The zero-order valence-corrected chi connectivity index (χ0v) is 18.7. The van der Waals surface area contributed by atoms with Crippen molar-refractivity contribution in [3.05, 3.63) is 89.2 Å². The van der Waals surface area contributed by atoms with E-state index in [0.29, 0.717) is 22.6 Å². The SMILES string of the molecule is CCn1c(=NC(=O)c2ccc(S(=O)(=O)N(C)c3ccccc3)cc2)sc2ccccc21. The molecule has 0 saturated carbocycles. The van der Waals surface area contributed by atoms with E-state index >= 15 is 0 Å². The lowest BCUT2D eigenvalue weighted by molar-refractivity contribution is 0.0997. The second-order valence-corrected chi connectivity index (χ2v) is 9.82. The fraction of sp³-hybridized carbons (Fsp3) is 0.130. The maximum absolute atomic E-state index is 12.9. The fourth-order valence-electron chi connectivity index (χ4n) is 3.27. The van der Waals surface area contributed by atoms with Gasteiger partial charge in [-0.2, -0.15) is 4.99 Å². The summed E-state index contributed by atoms with van der Waals surface area (Å²) < 4.78 is 30.1. The standard InChI is InChI=1S/C23H21N3O3S2/c1-3-26-20-11-7-8-12-21(20)30-23(26)24-22(27)17-13-15-19(16-14-17)31(28,29)25(2)18-9-5-4-6-10-18/h4-16H,3H2,1-2H3. The van der Waals surface area contributed by atoms with E-state index in [-0.39, 0.29) is 4.90 Å². The highest BCUT2D eigenvalue weighted by Gasteiger charge is 2.21. The Morgan fingerprint density at radius 2 is 1.61 bits per heavy atom. The van der Waals surface area contributed by atoms with Crippen molar-refractivity contribution in [1.29, 1.82) is 0 Å². The summed E-state index contributed by atoms with van der Waals surface area (Å²) in [7, 11) is -2.23. The molecule has 0 unspecified atom stereocenters. The molecule has 0 saturated heterocycles. The van der Waals surface area contributed by atoms with Gasteiger partial charge in [0.25, 0.3) is 15.9 Å². The predicted molar refractivity (Wildman–Crippen MR) is 124 cm³/mol. The summed E-state index contributed by atoms with van der Waals surface area (Å²) >= 11 is 1.45. The van der Waals surface area contributed by atoms with Gasteiger partial charge >= 0.3 is 0 Å². The molecular formula is C23H21N3O3S2. The van der Waals surface area contributed by atoms with Gasteiger partial charge < -0.3 is 4.57 Å². The molecule has 4 rings (SSSR count). The number of fused-ring (bicyclic) bond motifs is 1. The maximum atomic E-state index is 12.9. The first-order valence-corrected chi connectivity index (χ1v) is 12.0. The molecule has 0 fully saturated rings. The Morgan fingerprint density at radius 3 is 2.29 bits per heavy atom. The molecule has 1 heterocycles. The van der Waals surface area contributed by atoms with Crippen LogP contribution in [-0.2, 0) is 16.6 Å². The van der Waals surface area contributed by atoms with Gasteiger partial charge in [-0.3, -0.25) is 9.10 Å². The molecule has 3 aromatic carbocycles. The lowest BCUT2D eigenvalue weighted by atomic mass is 10.2. The van der Waals surface area contributed by atoms with E-state index in [2.05, 4.69) is 4.99 Å². The van der Waals surface area contributed by atoms with Gasteiger partial charge in [-0.1, -0.05) is 41.7 Å². The minimum atomic E-state index is -3.73. The summed E-state index contributed by atoms with van der Waals surface area (Å²) in [6.07, 6.45) is 0. The van der Waals surface area contributed by atoms with Crippen molar-refractivity contribution in [3.63, 3.8) is 0 Å². The van der Waals surface area contributed by atoms with Crippen LogP contribution in [0.15, 0.2) is 88.8 Å². The van der Waals surface area contributed by atoms with E-state index in [4.69, 9.17) is 0 Å². The molecule has 0 aliphatic rings. The van der Waals surface area contributed by atoms with Crippen LogP contribution in [0, 0.1) is 0 Å². The number of amides is 1. The predicted octanol–water partition coefficient (Wildman–Crippen LogP) is 4.29. The number of nitrogens with zero attached hydrogens (tertiary/aromatic N) is 3. The first-order valence-electron chi connectivity index (χ1n) is 9.73. The number of anilines is 1. The van der Waals surface area contributed by atoms with Crippen LogP contribution in [0.25, 0.3) is 10.2 Å². The Morgan fingerprint density at radius 1 is 0.968 bits per heavy atom. The Bertz CT molecular complexity index is 1400. The number of carbonyl (C=O) groups is 1. The Labute approximate surface area is 184 Å². The van der Waals surface area contributed by atoms with E-state index < -0.39 is 15.9 Å². The Balaban J connectivity index is 1.64. The molecular weight excluding hydrogens is 430 g/mol. The Hall–Kier alpha value is -3.23. The van der Waals surface area contributed by atoms with Gasteiger partial charge in [-0.15, -0.1) is 0 Å². The van der Waals surface area contributed by atoms with E-state index in [1.54, 1.807) is 24.3 Å². The molecule has 0 aliphatic heterocycles. The Kier molecular flexibility index (Phi) is 5.75. The first kappa shape index (κ1) is 21.0. The number of rotatable bonds is 5. The molecule has 8 heteroatoms. The van der Waals surface area contributed by atoms with Crippen LogP contribution >= 0.6 is 11.3 Å². The van der Waals surface area contributed by atoms with E-state index in [1.165, 1.54) is 47.0 Å². The van der Waals surface area contributed by atoms with Crippen molar-refractivity contribution in [2.45, 2.75) is 18.4 Å². The molecule has 0 aliphatic carbocycles. The molecule has 31 heavy (non-hydrogen) atoms. The van der Waals surface area contributed by atoms with Crippen LogP contribution in [0.4, 0.5) is 5.69 Å². The third kappa shape index (κ3) is 4.04. The number of benzene rings is 3. The van der Waals surface area contributed by atoms with Gasteiger partial charge in [0, 0.05) is 19.2 Å². The van der Waals surface area contributed by atoms with E-state index in [1.807, 2.05) is 41.8 Å². The minimum Gasteiger partial charge on any atom is -0.317 e. The first-order chi connectivity index (χ1) is 14.9. The van der Waals surface area contributed by atoms with E-state index in [0.717, 1.165) is 10.2 Å². The summed E-state index contributed by atoms with van der Waals surface area (Å²) in [4.78, 5) is 17.8. The van der Waals surface area contributed by atoms with E-state index in [9.17, 15) is 13.2 Å². The van der Waals surface area contributed by atoms with Gasteiger partial charge in [0.2, 0.25) is 0 Å². The molecule has 0 radical (unpaired) electrons. The number of aromatic nitrogens is 1. The van der Waals surface area contributed by atoms with Crippen LogP contribution in [0.3, 0.4) is 0 Å². The number of sulfonamides is 1. The lowest BCUT2D eigenvalue weighted by Gasteiger charge is -2.19. The van der Waals surface area contributed by atoms with Crippen LogP contribution < -0.4 is 9.11 Å². The quantitative estimate of drug-likeness (QED) is 0.454. The number of hydrogen-bond acceptors (Lipinski definition) is 4. The molecule has 0 N–H and O–H groups in total. The summed E-state index contributed by atoms with van der Waals surface area (Å²) in [6.45, 7) is 2.70. The zero-order chi connectivity index (χ0) is 22.0. The maximum Gasteiger partial charge on any atom is 0.279 e. The third-order valence-electron chi connectivity index (χ3n) is 4.98. The number of carbonyl (C=O) groups excluding carboxylic acids is 1. The zero-order valence-electron chi connectivity index (χ0n) is 17.1. The van der Waals surface area contributed by atoms with Gasteiger partial charge in [-0.05, 0) is 55.5 Å². The van der Waals surface area contributed by atoms with Crippen molar-refractivity contribution in [3.8, 4) is 0 Å². The van der Waals surface area contributed by atoms with Crippen molar-refractivity contribution in [2.24, 2.45) is 4.99 Å². The summed E-state index contributed by atoms with van der Waals surface area (Å²) in [5.74, 6) is -0.408. The fourth-order valence-corrected chi connectivity index (χ4v) is 5.56. The minimum absolute atomic E-state index is 0.112. The summed E-state index contributed by atoms with van der Waals surface area (Å²) in [6, 6.07) is 22.6. The third-order valence-corrected chi connectivity index (χ3v) is 7.84. The highest BCUT2D eigenvalue weighted by Crippen LogP contribution is 2.22. The largest absolute Gasteiger partial charge is 0.317 e. The van der Waals surface area contributed by atoms with Crippen LogP contribution in [-0.4, -0.2) is 25.9 Å². The van der Waals surface area contributed by atoms with Gasteiger partial charge in [0.1, 0.15) is 0 Å². The normalized spacial score (nSPS) is 12.3. The number of aryl methyl sites for hydroxylation is 1. The van der Waals surface area contributed by atoms with Crippen molar-refractivity contribution in [2.75, 3.05) is 11.4 Å². The molecule has 1 amide bonds. The van der Waals surface area contributed by atoms with Gasteiger partial charge in [-0.25, -0.2) is 8.42 Å². The number of para-hydroxylation sites is 2. The van der Waals surface area contributed by atoms with Gasteiger partial charge in [0.15, 0.2) is 4.80 Å². The summed E-state index contributed by atoms with van der Waals surface area (Å²) in [5.41, 5.74) is 1.93. The second-order valence-electron chi connectivity index (χ2n) is 6.85. The molecule has 0 bridgehead atoms.